The van der Waals surface area contributed by atoms with Crippen LogP contribution in [-0.2, 0) is 13.1 Å². The number of urea groups is 1. The molecule has 0 atom stereocenters. The van der Waals surface area contributed by atoms with Crippen molar-refractivity contribution in [2.24, 2.45) is 0 Å². The summed E-state index contributed by atoms with van der Waals surface area (Å²) < 4.78 is 0. The molecule has 4 nitrogen and oxygen atoms in total. The molecule has 0 heterocycles. The van der Waals surface area contributed by atoms with Crippen molar-refractivity contribution in [2.75, 3.05) is 13.2 Å². The molecule has 4 heteroatoms. The minimum absolute atomic E-state index is 0.0508. The lowest BCUT2D eigenvalue weighted by atomic mass is 10.1. The fourth-order valence-electron chi connectivity index (χ4n) is 2.17. The summed E-state index contributed by atoms with van der Waals surface area (Å²) in [6.07, 6.45) is 0. The lowest BCUT2D eigenvalue weighted by Gasteiger charge is -2.22. The molecule has 0 aliphatic heterocycles. The Morgan fingerprint density at radius 1 is 1.05 bits per heavy atom. The van der Waals surface area contributed by atoms with E-state index < -0.39 is 0 Å². The third-order valence-electron chi connectivity index (χ3n) is 3.44. The monoisotopic (exact) mass is 298 g/mol. The molecular formula is C18H22N2O2. The summed E-state index contributed by atoms with van der Waals surface area (Å²) in [7, 11) is 0. The standard InChI is InChI=1S/C18H22N2O2/c1-15-7-9-16(10-8-15)13-19-18(22)20(11-12-21)14-17-5-3-2-4-6-17/h2-10,21H,11-14H2,1H3,(H,19,22). The summed E-state index contributed by atoms with van der Waals surface area (Å²) in [5.41, 5.74) is 3.30. The molecular weight excluding hydrogens is 276 g/mol. The largest absolute Gasteiger partial charge is 0.395 e. The predicted octanol–water partition coefficient (Wildman–Crippen LogP) is 2.70. The van der Waals surface area contributed by atoms with Crippen molar-refractivity contribution < 1.29 is 9.90 Å². The average molecular weight is 298 g/mol. The van der Waals surface area contributed by atoms with E-state index in [9.17, 15) is 4.79 Å². The molecule has 2 aromatic rings. The maximum atomic E-state index is 12.3. The van der Waals surface area contributed by atoms with Crippen LogP contribution in [0.25, 0.3) is 0 Å². The van der Waals surface area contributed by atoms with Gasteiger partial charge in [0.05, 0.1) is 6.61 Å². The molecule has 0 radical (unpaired) electrons. The summed E-state index contributed by atoms with van der Waals surface area (Å²) in [6.45, 7) is 3.27. The SMILES string of the molecule is Cc1ccc(CNC(=O)N(CCO)Cc2ccccc2)cc1. The van der Waals surface area contributed by atoms with E-state index in [2.05, 4.69) is 5.32 Å². The Balaban J connectivity index is 1.93. The van der Waals surface area contributed by atoms with Gasteiger partial charge in [0.25, 0.3) is 0 Å². The molecule has 0 bridgehead atoms. The molecule has 0 saturated heterocycles. The summed E-state index contributed by atoms with van der Waals surface area (Å²) in [4.78, 5) is 13.9. The van der Waals surface area contributed by atoms with Crippen molar-refractivity contribution >= 4 is 6.03 Å². The number of aliphatic hydroxyl groups excluding tert-OH is 1. The fourth-order valence-corrected chi connectivity index (χ4v) is 2.17. The van der Waals surface area contributed by atoms with Gasteiger partial charge < -0.3 is 15.3 Å². The quantitative estimate of drug-likeness (QED) is 0.861. The molecule has 116 valence electrons. The first-order valence-electron chi connectivity index (χ1n) is 7.42. The molecule has 0 spiro atoms. The zero-order valence-corrected chi connectivity index (χ0v) is 12.8. The lowest BCUT2D eigenvalue weighted by molar-refractivity contribution is 0.173. The zero-order valence-electron chi connectivity index (χ0n) is 12.8. The van der Waals surface area contributed by atoms with Crippen LogP contribution in [0.5, 0.6) is 0 Å². The Bertz CT molecular complexity index is 582. The highest BCUT2D eigenvalue weighted by Crippen LogP contribution is 2.06. The summed E-state index contributed by atoms with van der Waals surface area (Å²) in [6, 6.07) is 17.7. The number of carbonyl (C=O) groups excluding carboxylic acids is 1. The van der Waals surface area contributed by atoms with Gasteiger partial charge in [-0.15, -0.1) is 0 Å². The van der Waals surface area contributed by atoms with Crippen molar-refractivity contribution in [3.05, 3.63) is 71.3 Å². The first kappa shape index (κ1) is 16.0. The van der Waals surface area contributed by atoms with E-state index in [4.69, 9.17) is 5.11 Å². The minimum Gasteiger partial charge on any atom is -0.395 e. The highest BCUT2D eigenvalue weighted by molar-refractivity contribution is 5.74. The molecule has 0 aliphatic carbocycles. The second-order valence-electron chi connectivity index (χ2n) is 5.28. The van der Waals surface area contributed by atoms with E-state index in [0.29, 0.717) is 19.6 Å². The van der Waals surface area contributed by atoms with Crippen LogP contribution < -0.4 is 5.32 Å². The number of amides is 2. The Labute approximate surface area is 131 Å². The van der Waals surface area contributed by atoms with E-state index >= 15 is 0 Å². The first-order valence-corrected chi connectivity index (χ1v) is 7.42. The first-order chi connectivity index (χ1) is 10.7. The zero-order chi connectivity index (χ0) is 15.8. The minimum atomic E-state index is -0.168. The smallest absolute Gasteiger partial charge is 0.318 e. The summed E-state index contributed by atoms with van der Waals surface area (Å²) in [5.74, 6) is 0. The number of hydrogen-bond acceptors (Lipinski definition) is 2. The number of carbonyl (C=O) groups is 1. The molecule has 0 aromatic heterocycles. The van der Waals surface area contributed by atoms with E-state index in [1.165, 1.54) is 5.56 Å². The Hall–Kier alpha value is -2.33. The fraction of sp³-hybridized carbons (Fsp3) is 0.278. The number of aliphatic hydroxyl groups is 1. The molecule has 22 heavy (non-hydrogen) atoms. The highest BCUT2D eigenvalue weighted by Gasteiger charge is 2.12. The average Bonchev–Trinajstić information content (AvgIpc) is 2.54. The van der Waals surface area contributed by atoms with Crippen LogP contribution >= 0.6 is 0 Å². The topological polar surface area (TPSA) is 52.6 Å². The third-order valence-corrected chi connectivity index (χ3v) is 3.44. The highest BCUT2D eigenvalue weighted by atomic mass is 16.3. The number of rotatable bonds is 6. The van der Waals surface area contributed by atoms with Gasteiger partial charge >= 0.3 is 6.03 Å². The van der Waals surface area contributed by atoms with Crippen LogP contribution in [0.3, 0.4) is 0 Å². The van der Waals surface area contributed by atoms with E-state index in [0.717, 1.165) is 11.1 Å². The summed E-state index contributed by atoms with van der Waals surface area (Å²) in [5, 5.41) is 12.1. The Kier molecular flexibility index (Phi) is 5.98. The van der Waals surface area contributed by atoms with E-state index in [1.54, 1.807) is 4.90 Å². The number of aryl methyl sites for hydroxylation is 1. The number of nitrogens with one attached hydrogen (secondary N) is 1. The van der Waals surface area contributed by atoms with Crippen LogP contribution in [-0.4, -0.2) is 29.2 Å². The van der Waals surface area contributed by atoms with Gasteiger partial charge in [-0.3, -0.25) is 0 Å². The van der Waals surface area contributed by atoms with Crippen LogP contribution in [0.15, 0.2) is 54.6 Å². The number of benzene rings is 2. The Morgan fingerprint density at radius 2 is 1.73 bits per heavy atom. The van der Waals surface area contributed by atoms with Gasteiger partial charge in [0, 0.05) is 19.6 Å². The van der Waals surface area contributed by atoms with Gasteiger partial charge in [0.1, 0.15) is 0 Å². The second-order valence-corrected chi connectivity index (χ2v) is 5.28. The van der Waals surface area contributed by atoms with Crippen LogP contribution in [0.1, 0.15) is 16.7 Å². The number of nitrogens with zero attached hydrogens (tertiary/aromatic N) is 1. The number of hydrogen-bond donors (Lipinski definition) is 2. The van der Waals surface area contributed by atoms with Gasteiger partial charge in [-0.25, -0.2) is 4.79 Å². The molecule has 0 fully saturated rings. The van der Waals surface area contributed by atoms with Gasteiger partial charge in [0.2, 0.25) is 0 Å². The Morgan fingerprint density at radius 3 is 2.36 bits per heavy atom. The summed E-state index contributed by atoms with van der Waals surface area (Å²) >= 11 is 0. The van der Waals surface area contributed by atoms with Crippen molar-refractivity contribution in [3.63, 3.8) is 0 Å². The van der Waals surface area contributed by atoms with E-state index in [-0.39, 0.29) is 12.6 Å². The third kappa shape index (κ3) is 4.90. The molecule has 2 amide bonds. The van der Waals surface area contributed by atoms with Crippen LogP contribution in [0, 0.1) is 6.92 Å². The molecule has 0 aliphatic rings. The molecule has 2 rings (SSSR count). The van der Waals surface area contributed by atoms with Crippen molar-refractivity contribution in [1.82, 2.24) is 10.2 Å². The predicted molar refractivity (Wildman–Crippen MR) is 87.4 cm³/mol. The normalized spacial score (nSPS) is 10.3. The van der Waals surface area contributed by atoms with Crippen molar-refractivity contribution in [2.45, 2.75) is 20.0 Å². The molecule has 0 unspecified atom stereocenters. The maximum Gasteiger partial charge on any atom is 0.318 e. The van der Waals surface area contributed by atoms with Gasteiger partial charge in [-0.2, -0.15) is 0 Å². The maximum absolute atomic E-state index is 12.3. The van der Waals surface area contributed by atoms with Gasteiger partial charge in [-0.1, -0.05) is 60.2 Å². The van der Waals surface area contributed by atoms with Crippen LogP contribution in [0.2, 0.25) is 0 Å². The van der Waals surface area contributed by atoms with Gasteiger partial charge in [0.15, 0.2) is 0 Å². The van der Waals surface area contributed by atoms with Crippen LogP contribution in [0.4, 0.5) is 4.79 Å². The second kappa shape index (κ2) is 8.20. The van der Waals surface area contributed by atoms with Gasteiger partial charge in [-0.05, 0) is 18.1 Å². The van der Waals surface area contributed by atoms with Crippen molar-refractivity contribution in [3.8, 4) is 0 Å². The van der Waals surface area contributed by atoms with E-state index in [1.807, 2.05) is 61.5 Å². The molecule has 0 saturated carbocycles. The lowest BCUT2D eigenvalue weighted by Crippen LogP contribution is -2.40. The molecule has 2 N–H and O–H groups in total. The molecule has 2 aromatic carbocycles. The van der Waals surface area contributed by atoms with Crippen molar-refractivity contribution in [1.29, 1.82) is 0 Å².